The van der Waals surface area contributed by atoms with Gasteiger partial charge in [-0.2, -0.15) is 4.99 Å². The van der Waals surface area contributed by atoms with E-state index in [1.165, 1.54) is 31.5 Å². The summed E-state index contributed by atoms with van der Waals surface area (Å²) in [6, 6.07) is 0.159. The van der Waals surface area contributed by atoms with Crippen LogP contribution in [0.5, 0.6) is 0 Å². The smallest absolute Gasteiger partial charge is 0.211 e. The molecule has 0 spiro atoms. The standard InChI is InChI=1S/C14H22N2O2/c1-2-14(16-13-18)10-8-6-4-3-5-7-9-11-15-12-17/h9,11,14H,2-8,10H2,1H3. The molecule has 0 rings (SSSR count). The third-order valence-electron chi connectivity index (χ3n) is 2.85. The van der Waals surface area contributed by atoms with E-state index in [0.29, 0.717) is 0 Å². The number of rotatable bonds is 11. The van der Waals surface area contributed by atoms with Crippen LogP contribution < -0.4 is 0 Å². The molecule has 0 aromatic heterocycles. The Morgan fingerprint density at radius 2 is 1.78 bits per heavy atom. The summed E-state index contributed by atoms with van der Waals surface area (Å²) < 4.78 is 0. The van der Waals surface area contributed by atoms with Crippen LogP contribution in [0.15, 0.2) is 22.3 Å². The van der Waals surface area contributed by atoms with Crippen LogP contribution in [-0.4, -0.2) is 18.2 Å². The van der Waals surface area contributed by atoms with Crippen molar-refractivity contribution in [1.82, 2.24) is 0 Å². The van der Waals surface area contributed by atoms with E-state index in [0.717, 1.165) is 32.1 Å². The average molecular weight is 250 g/mol. The van der Waals surface area contributed by atoms with Gasteiger partial charge in [0.05, 0.1) is 6.04 Å². The van der Waals surface area contributed by atoms with Crippen LogP contribution in [0.2, 0.25) is 0 Å². The lowest BCUT2D eigenvalue weighted by atomic mass is 10.0. The van der Waals surface area contributed by atoms with Crippen LogP contribution in [0, 0.1) is 0 Å². The van der Waals surface area contributed by atoms with Crippen LogP contribution in [-0.2, 0) is 9.59 Å². The van der Waals surface area contributed by atoms with Crippen molar-refractivity contribution in [3.05, 3.63) is 12.3 Å². The first-order valence-corrected chi connectivity index (χ1v) is 6.64. The van der Waals surface area contributed by atoms with E-state index in [1.54, 1.807) is 6.08 Å². The monoisotopic (exact) mass is 250 g/mol. The van der Waals surface area contributed by atoms with Crippen molar-refractivity contribution in [1.29, 1.82) is 0 Å². The zero-order chi connectivity index (χ0) is 13.5. The molecule has 0 aliphatic rings. The maximum absolute atomic E-state index is 10.1. The molecule has 0 aromatic rings. The van der Waals surface area contributed by atoms with Crippen molar-refractivity contribution in [2.75, 3.05) is 0 Å². The van der Waals surface area contributed by atoms with E-state index in [4.69, 9.17) is 0 Å². The second kappa shape index (κ2) is 13.6. The summed E-state index contributed by atoms with van der Waals surface area (Å²) in [5.74, 6) is 0. The summed E-state index contributed by atoms with van der Waals surface area (Å²) in [7, 11) is 0. The van der Waals surface area contributed by atoms with Crippen LogP contribution in [0.25, 0.3) is 0 Å². The van der Waals surface area contributed by atoms with Gasteiger partial charge in [-0.3, -0.25) is 0 Å². The maximum atomic E-state index is 10.1. The lowest BCUT2D eigenvalue weighted by Gasteiger charge is -2.06. The molecule has 0 radical (unpaired) electrons. The number of unbranched alkanes of at least 4 members (excludes halogenated alkanes) is 5. The van der Waals surface area contributed by atoms with Crippen molar-refractivity contribution in [2.24, 2.45) is 9.98 Å². The van der Waals surface area contributed by atoms with Gasteiger partial charge < -0.3 is 0 Å². The molecule has 100 valence electrons. The zero-order valence-electron chi connectivity index (χ0n) is 11.1. The second-order valence-corrected chi connectivity index (χ2v) is 4.23. The maximum Gasteiger partial charge on any atom is 0.239 e. The highest BCUT2D eigenvalue weighted by Gasteiger charge is 2.02. The van der Waals surface area contributed by atoms with Crippen molar-refractivity contribution < 1.29 is 9.59 Å². The summed E-state index contributed by atoms with van der Waals surface area (Å²) in [5, 5.41) is 0. The fourth-order valence-corrected chi connectivity index (χ4v) is 1.76. The Labute approximate surface area is 109 Å². The van der Waals surface area contributed by atoms with Crippen LogP contribution >= 0.6 is 0 Å². The summed E-state index contributed by atoms with van der Waals surface area (Å²) in [4.78, 5) is 27.0. The van der Waals surface area contributed by atoms with Crippen molar-refractivity contribution >= 4 is 12.2 Å². The quantitative estimate of drug-likeness (QED) is 0.319. The third-order valence-corrected chi connectivity index (χ3v) is 2.85. The minimum atomic E-state index is 0.159. The number of hydrogen-bond donors (Lipinski definition) is 0. The number of nitrogens with zero attached hydrogens (tertiary/aromatic N) is 2. The Morgan fingerprint density at radius 3 is 2.44 bits per heavy atom. The highest BCUT2D eigenvalue weighted by Crippen LogP contribution is 2.12. The molecule has 0 heterocycles. The molecule has 0 amide bonds. The Kier molecular flexibility index (Phi) is 12.4. The number of allylic oxidation sites excluding steroid dienone is 1. The highest BCUT2D eigenvalue weighted by atomic mass is 16.1. The molecule has 1 atom stereocenters. The van der Waals surface area contributed by atoms with E-state index >= 15 is 0 Å². The molecule has 18 heavy (non-hydrogen) atoms. The van der Waals surface area contributed by atoms with E-state index < -0.39 is 0 Å². The number of isocyanates is 2. The third kappa shape index (κ3) is 11.0. The van der Waals surface area contributed by atoms with Gasteiger partial charge in [0.25, 0.3) is 0 Å². The minimum Gasteiger partial charge on any atom is -0.211 e. The Bertz CT molecular complexity index is 314. The molecule has 0 saturated carbocycles. The van der Waals surface area contributed by atoms with Crippen molar-refractivity contribution in [2.45, 2.75) is 64.3 Å². The highest BCUT2D eigenvalue weighted by molar-refractivity contribution is 5.34. The molecule has 4 heteroatoms. The van der Waals surface area contributed by atoms with Crippen LogP contribution in [0.4, 0.5) is 0 Å². The zero-order valence-corrected chi connectivity index (χ0v) is 11.1. The van der Waals surface area contributed by atoms with Gasteiger partial charge in [0.1, 0.15) is 0 Å². The first-order chi connectivity index (χ1) is 8.85. The number of aliphatic imine (C=N–C) groups is 2. The van der Waals surface area contributed by atoms with Crippen LogP contribution in [0.3, 0.4) is 0 Å². The van der Waals surface area contributed by atoms with Gasteiger partial charge in [-0.25, -0.2) is 14.6 Å². The lowest BCUT2D eigenvalue weighted by Crippen LogP contribution is -2.01. The molecule has 0 saturated heterocycles. The minimum absolute atomic E-state index is 0.159. The molecule has 4 nitrogen and oxygen atoms in total. The largest absolute Gasteiger partial charge is 0.239 e. The van der Waals surface area contributed by atoms with E-state index in [9.17, 15) is 9.59 Å². The number of carbonyl (C=O) groups excluding carboxylic acids is 2. The normalized spacial score (nSPS) is 11.8. The van der Waals surface area contributed by atoms with Crippen molar-refractivity contribution in [3.63, 3.8) is 0 Å². The lowest BCUT2D eigenvalue weighted by molar-refractivity contribution is 0.516. The fourth-order valence-electron chi connectivity index (χ4n) is 1.76. The summed E-state index contributed by atoms with van der Waals surface area (Å²) in [5.41, 5.74) is 0. The fraction of sp³-hybridized carbons (Fsp3) is 0.714. The Morgan fingerprint density at radius 1 is 1.06 bits per heavy atom. The van der Waals surface area contributed by atoms with Gasteiger partial charge in [0.15, 0.2) is 0 Å². The molecular formula is C14H22N2O2. The SMILES string of the molecule is CCC(CCCCCCCC=CN=C=O)N=C=O. The van der Waals surface area contributed by atoms with Gasteiger partial charge in [0.2, 0.25) is 12.2 Å². The van der Waals surface area contributed by atoms with Gasteiger partial charge >= 0.3 is 0 Å². The Hall–Kier alpha value is -1.50. The predicted molar refractivity (Wildman–Crippen MR) is 71.8 cm³/mol. The van der Waals surface area contributed by atoms with Crippen LogP contribution in [0.1, 0.15) is 58.3 Å². The van der Waals surface area contributed by atoms with Crippen molar-refractivity contribution in [3.8, 4) is 0 Å². The molecule has 0 aromatic carbocycles. The average Bonchev–Trinajstić information content (AvgIpc) is 2.39. The summed E-state index contributed by atoms with van der Waals surface area (Å²) in [6.45, 7) is 2.04. The molecule has 0 N–H and O–H groups in total. The topological polar surface area (TPSA) is 58.9 Å². The van der Waals surface area contributed by atoms with Gasteiger partial charge in [-0.15, -0.1) is 0 Å². The first-order valence-electron chi connectivity index (χ1n) is 6.64. The molecule has 1 unspecified atom stereocenters. The van der Waals surface area contributed by atoms with E-state index in [2.05, 4.69) is 9.98 Å². The second-order valence-electron chi connectivity index (χ2n) is 4.23. The van der Waals surface area contributed by atoms with Gasteiger partial charge in [-0.05, 0) is 25.7 Å². The van der Waals surface area contributed by atoms with E-state index in [-0.39, 0.29) is 6.04 Å². The molecule has 0 bridgehead atoms. The summed E-state index contributed by atoms with van der Waals surface area (Å²) >= 11 is 0. The Balaban J connectivity index is 3.35. The van der Waals surface area contributed by atoms with E-state index in [1.807, 2.05) is 13.0 Å². The predicted octanol–water partition coefficient (Wildman–Crippen LogP) is 3.68. The summed E-state index contributed by atoms with van der Waals surface area (Å²) in [6.07, 6.45) is 15.1. The molecular weight excluding hydrogens is 228 g/mol. The molecule has 0 aliphatic heterocycles. The van der Waals surface area contributed by atoms with Gasteiger partial charge in [0, 0.05) is 6.20 Å². The number of hydrogen-bond acceptors (Lipinski definition) is 4. The van der Waals surface area contributed by atoms with Gasteiger partial charge in [-0.1, -0.05) is 38.7 Å². The molecule has 0 fully saturated rings. The first kappa shape index (κ1) is 16.5. The molecule has 0 aliphatic carbocycles.